The van der Waals surface area contributed by atoms with Crippen LogP contribution in [0.1, 0.15) is 0 Å². The Morgan fingerprint density at radius 3 is 2.39 bits per heavy atom. The predicted octanol–water partition coefficient (Wildman–Crippen LogP) is 2.03. The molecule has 1 aromatic heterocycles. The highest BCUT2D eigenvalue weighted by atomic mass is 127. The molecule has 94 valence electrons. The zero-order valence-electron chi connectivity index (χ0n) is 9.10. The van der Waals surface area contributed by atoms with E-state index in [-0.39, 0.29) is 5.03 Å². The van der Waals surface area contributed by atoms with Crippen LogP contribution in [0.5, 0.6) is 0 Å². The van der Waals surface area contributed by atoms with E-state index in [0.29, 0.717) is 4.73 Å². The number of hydrogen-bond donors (Lipinski definition) is 0. The van der Waals surface area contributed by atoms with E-state index in [9.17, 15) is 13.6 Å². The third-order valence-electron chi connectivity index (χ3n) is 2.01. The van der Waals surface area contributed by atoms with Crippen molar-refractivity contribution in [2.75, 3.05) is 0 Å². The van der Waals surface area contributed by atoms with Crippen molar-refractivity contribution in [1.82, 2.24) is 0 Å². The molecule has 18 heavy (non-hydrogen) atoms. The Labute approximate surface area is 115 Å². The molecule has 2 rings (SSSR count). The van der Waals surface area contributed by atoms with Crippen LogP contribution in [-0.2, 0) is 10.0 Å². The second-order valence-electron chi connectivity index (χ2n) is 3.29. The first-order valence-electron chi connectivity index (χ1n) is 4.94. The van der Waals surface area contributed by atoms with Crippen molar-refractivity contribution in [3.63, 3.8) is 0 Å². The standard InChI is InChI=1S/C11H9IN2O3S/c15-14-9-5-4-8-11(14)18(16,17)13-12-10-6-2-1-3-7-10/h1-9H. The van der Waals surface area contributed by atoms with Crippen molar-refractivity contribution < 1.29 is 13.1 Å². The summed E-state index contributed by atoms with van der Waals surface area (Å²) in [5, 5.41) is 11.0. The van der Waals surface area contributed by atoms with Gasteiger partial charge in [-0.05, 0) is 18.2 Å². The van der Waals surface area contributed by atoms with Gasteiger partial charge in [0.25, 0.3) is 0 Å². The predicted molar refractivity (Wildman–Crippen MR) is 74.2 cm³/mol. The lowest BCUT2D eigenvalue weighted by molar-refractivity contribution is -0.646. The lowest BCUT2D eigenvalue weighted by Gasteiger charge is -2.00. The van der Waals surface area contributed by atoms with E-state index in [2.05, 4.69) is 2.55 Å². The number of nitrogens with zero attached hydrogens (tertiary/aromatic N) is 2. The van der Waals surface area contributed by atoms with Crippen LogP contribution in [0.3, 0.4) is 0 Å². The van der Waals surface area contributed by atoms with Crippen LogP contribution in [0.15, 0.2) is 62.3 Å². The monoisotopic (exact) mass is 376 g/mol. The Morgan fingerprint density at radius 1 is 1.06 bits per heavy atom. The van der Waals surface area contributed by atoms with E-state index < -0.39 is 31.1 Å². The highest BCUT2D eigenvalue weighted by Gasteiger charge is 2.21. The smallest absolute Gasteiger partial charge is 0.348 e. The van der Waals surface area contributed by atoms with Gasteiger partial charge in [-0.15, -0.1) is 2.55 Å². The molecule has 0 saturated carbocycles. The van der Waals surface area contributed by atoms with E-state index >= 15 is 0 Å². The van der Waals surface area contributed by atoms with Crippen LogP contribution in [0.2, 0.25) is 0 Å². The van der Waals surface area contributed by atoms with Crippen molar-refractivity contribution in [3.05, 3.63) is 63.5 Å². The lowest BCUT2D eigenvalue weighted by Crippen LogP contribution is -2.32. The number of pyridine rings is 1. The van der Waals surface area contributed by atoms with Crippen LogP contribution >= 0.6 is 21.0 Å². The maximum atomic E-state index is 11.9. The van der Waals surface area contributed by atoms with Gasteiger partial charge in [0.05, 0.1) is 0 Å². The number of halogens is 1. The van der Waals surface area contributed by atoms with Gasteiger partial charge in [0.15, 0.2) is 6.20 Å². The number of aromatic nitrogens is 1. The third kappa shape index (κ3) is 3.10. The highest BCUT2D eigenvalue weighted by Crippen LogP contribution is 2.18. The number of rotatable bonds is 3. The molecule has 0 saturated heterocycles. The first kappa shape index (κ1) is 13.1. The van der Waals surface area contributed by atoms with Crippen molar-refractivity contribution in [1.29, 1.82) is 0 Å². The molecule has 0 aliphatic carbocycles. The minimum atomic E-state index is -3.86. The van der Waals surface area contributed by atoms with E-state index in [4.69, 9.17) is 0 Å². The van der Waals surface area contributed by atoms with E-state index in [1.54, 1.807) is 0 Å². The quantitative estimate of drug-likeness (QED) is 0.468. The highest BCUT2D eigenvalue weighted by molar-refractivity contribution is 14.2. The third-order valence-corrected chi connectivity index (χ3v) is 6.53. The molecule has 0 aliphatic rings. The molecular weight excluding hydrogens is 367 g/mol. The van der Waals surface area contributed by atoms with Crippen LogP contribution in [0.25, 0.3) is 0 Å². The lowest BCUT2D eigenvalue weighted by atomic mass is 10.4. The van der Waals surface area contributed by atoms with Gasteiger partial charge < -0.3 is 5.21 Å². The maximum absolute atomic E-state index is 11.9. The number of sulfonamides is 1. The topological polar surface area (TPSA) is 73.4 Å². The summed E-state index contributed by atoms with van der Waals surface area (Å²) in [4.78, 5) is 0. The molecule has 0 atom stereocenters. The van der Waals surface area contributed by atoms with Crippen molar-refractivity contribution in [2.45, 2.75) is 5.03 Å². The van der Waals surface area contributed by atoms with Gasteiger partial charge in [0, 0.05) is 36.7 Å². The molecule has 0 bridgehead atoms. The van der Waals surface area contributed by atoms with E-state index in [0.717, 1.165) is 9.77 Å². The second kappa shape index (κ2) is 5.53. The molecule has 0 spiro atoms. The molecule has 7 heteroatoms. The molecule has 1 aromatic carbocycles. The van der Waals surface area contributed by atoms with Gasteiger partial charge in [-0.1, -0.05) is 18.2 Å². The minimum absolute atomic E-state index is 0.313. The molecule has 0 unspecified atom stereocenters. The summed E-state index contributed by atoms with van der Waals surface area (Å²) in [7, 11) is -3.86. The zero-order chi connectivity index (χ0) is 13.0. The van der Waals surface area contributed by atoms with Crippen molar-refractivity contribution in [3.8, 4) is 0 Å². The van der Waals surface area contributed by atoms with Gasteiger partial charge in [-0.3, -0.25) is 0 Å². The summed E-state index contributed by atoms with van der Waals surface area (Å²) >= 11 is -1.02. The van der Waals surface area contributed by atoms with E-state index in [1.807, 2.05) is 30.3 Å². The Morgan fingerprint density at radius 2 is 1.72 bits per heavy atom. The normalized spacial score (nSPS) is 12.2. The van der Waals surface area contributed by atoms with Crippen LogP contribution in [0, 0.1) is 8.78 Å². The van der Waals surface area contributed by atoms with Gasteiger partial charge in [0.2, 0.25) is 0 Å². The van der Waals surface area contributed by atoms with Gasteiger partial charge >= 0.3 is 15.0 Å². The SMILES string of the molecule is O=S(=O)(N=Ic1ccccc1)c1cccc[n+]1[O-]. The average molecular weight is 376 g/mol. The summed E-state index contributed by atoms with van der Waals surface area (Å²) in [6.45, 7) is 0. The molecule has 5 nitrogen and oxygen atoms in total. The van der Waals surface area contributed by atoms with Crippen molar-refractivity contribution in [2.24, 2.45) is 2.55 Å². The zero-order valence-corrected chi connectivity index (χ0v) is 12.1. The molecule has 0 fully saturated rings. The molecule has 0 radical (unpaired) electrons. The molecular formula is C11H9IN2O3S. The molecule has 0 aliphatic heterocycles. The Hall–Kier alpha value is -1.35. The van der Waals surface area contributed by atoms with Gasteiger partial charge in [-0.2, -0.15) is 13.1 Å². The summed E-state index contributed by atoms with van der Waals surface area (Å²) in [5.74, 6) is 0. The molecule has 0 amide bonds. The molecule has 1 heterocycles. The van der Waals surface area contributed by atoms with Crippen LogP contribution in [-0.4, -0.2) is 8.42 Å². The maximum Gasteiger partial charge on any atom is 0.348 e. The first-order valence-corrected chi connectivity index (χ1v) is 8.43. The van der Waals surface area contributed by atoms with Crippen LogP contribution in [0.4, 0.5) is 0 Å². The molecule has 0 N–H and O–H groups in total. The van der Waals surface area contributed by atoms with Gasteiger partial charge in [0.1, 0.15) is 0 Å². The van der Waals surface area contributed by atoms with Gasteiger partial charge in [-0.25, -0.2) is 0 Å². The Kier molecular flexibility index (Phi) is 4.02. The first-order chi connectivity index (χ1) is 8.59. The summed E-state index contributed by atoms with van der Waals surface area (Å²) in [6, 6.07) is 13.4. The average Bonchev–Trinajstić information content (AvgIpc) is 2.38. The minimum Gasteiger partial charge on any atom is -0.618 e. The summed E-state index contributed by atoms with van der Waals surface area (Å²) < 4.78 is 28.6. The van der Waals surface area contributed by atoms with Crippen LogP contribution < -0.4 is 4.73 Å². The fraction of sp³-hybridized carbons (Fsp3) is 0. The van der Waals surface area contributed by atoms with Crippen molar-refractivity contribution >= 4 is 31.1 Å². The fourth-order valence-corrected chi connectivity index (χ4v) is 4.79. The second-order valence-corrected chi connectivity index (χ2v) is 7.71. The Bertz CT molecular complexity index is 672. The molecule has 2 aromatic rings. The van der Waals surface area contributed by atoms with E-state index in [1.165, 1.54) is 18.2 Å². The Balaban J connectivity index is 2.34. The fourth-order valence-electron chi connectivity index (χ4n) is 1.20. The summed E-state index contributed by atoms with van der Waals surface area (Å²) in [6.07, 6.45) is 1.14. The number of benzene rings is 1. The number of hydrogen-bond acceptors (Lipinski definition) is 3. The largest absolute Gasteiger partial charge is 0.618 e. The summed E-state index contributed by atoms with van der Waals surface area (Å²) in [5.41, 5.74) is 0.